The number of esters is 1. The van der Waals surface area contributed by atoms with Crippen LogP contribution in [0.1, 0.15) is 68.1 Å². The highest BCUT2D eigenvalue weighted by atomic mass is 16.5. The normalized spacial score (nSPS) is 22.1. The summed E-state index contributed by atoms with van der Waals surface area (Å²) < 4.78 is 7.06. The predicted molar refractivity (Wildman–Crippen MR) is 105 cm³/mol. The van der Waals surface area contributed by atoms with E-state index in [1.807, 2.05) is 41.3 Å². The number of hydrogen-bond acceptors (Lipinski definition) is 4. The SMILES string of the molecule is CC1CCCC(C)N1C(=O)COC(=O)c1cc(C2CC2)nn1-c1ccccc1. The van der Waals surface area contributed by atoms with Crippen molar-refractivity contribution >= 4 is 11.9 Å². The highest BCUT2D eigenvalue weighted by Crippen LogP contribution is 2.39. The third-order valence-electron chi connectivity index (χ3n) is 5.74. The van der Waals surface area contributed by atoms with E-state index in [9.17, 15) is 9.59 Å². The lowest BCUT2D eigenvalue weighted by atomic mass is 9.97. The van der Waals surface area contributed by atoms with Crippen molar-refractivity contribution in [3.05, 3.63) is 47.8 Å². The first-order chi connectivity index (χ1) is 13.5. The van der Waals surface area contributed by atoms with Gasteiger partial charge in [-0.15, -0.1) is 0 Å². The number of benzene rings is 1. The van der Waals surface area contributed by atoms with E-state index in [4.69, 9.17) is 4.74 Å². The molecule has 2 aliphatic rings. The Bertz CT molecular complexity index is 847. The number of piperidine rings is 1. The number of likely N-dealkylation sites (tertiary alicyclic amines) is 1. The zero-order valence-electron chi connectivity index (χ0n) is 16.5. The summed E-state index contributed by atoms with van der Waals surface area (Å²) in [6.07, 6.45) is 5.32. The highest BCUT2D eigenvalue weighted by Gasteiger charge is 2.31. The fraction of sp³-hybridized carbons (Fsp3) is 0.500. The number of nitrogens with zero attached hydrogens (tertiary/aromatic N) is 3. The van der Waals surface area contributed by atoms with Crippen molar-refractivity contribution in [2.24, 2.45) is 0 Å². The van der Waals surface area contributed by atoms with E-state index >= 15 is 0 Å². The van der Waals surface area contributed by atoms with Crippen LogP contribution in [0.3, 0.4) is 0 Å². The first kappa shape index (κ1) is 18.7. The van der Waals surface area contributed by atoms with Gasteiger partial charge in [-0.3, -0.25) is 4.79 Å². The molecule has 4 rings (SSSR count). The average molecular weight is 381 g/mol. The number of carbonyl (C=O) groups excluding carboxylic acids is 2. The number of ether oxygens (including phenoxy) is 1. The topological polar surface area (TPSA) is 64.4 Å². The van der Waals surface area contributed by atoms with Gasteiger partial charge in [0.2, 0.25) is 0 Å². The summed E-state index contributed by atoms with van der Waals surface area (Å²) in [4.78, 5) is 27.3. The van der Waals surface area contributed by atoms with Gasteiger partial charge in [0, 0.05) is 18.0 Å². The lowest BCUT2D eigenvalue weighted by Gasteiger charge is -2.38. The second-order valence-corrected chi connectivity index (χ2v) is 7.98. The van der Waals surface area contributed by atoms with E-state index in [0.29, 0.717) is 11.6 Å². The first-order valence-electron chi connectivity index (χ1n) is 10.2. The lowest BCUT2D eigenvalue weighted by Crippen LogP contribution is -2.49. The summed E-state index contributed by atoms with van der Waals surface area (Å²) >= 11 is 0. The molecule has 0 spiro atoms. The summed E-state index contributed by atoms with van der Waals surface area (Å²) in [6.45, 7) is 3.88. The van der Waals surface area contributed by atoms with Crippen molar-refractivity contribution in [1.82, 2.24) is 14.7 Å². The molecule has 0 radical (unpaired) electrons. The Morgan fingerprint density at radius 3 is 2.39 bits per heavy atom. The minimum Gasteiger partial charge on any atom is -0.451 e. The molecule has 1 aliphatic carbocycles. The van der Waals surface area contributed by atoms with Crippen LogP contribution >= 0.6 is 0 Å². The molecule has 6 heteroatoms. The van der Waals surface area contributed by atoms with Crippen LogP contribution in [0.15, 0.2) is 36.4 Å². The standard InChI is InChI=1S/C22H27N3O3/c1-15-7-6-8-16(2)24(15)21(26)14-28-22(27)20-13-19(17-11-12-17)23-25(20)18-9-4-3-5-10-18/h3-5,9-10,13,15-17H,6-8,11-12,14H2,1-2H3. The Kier molecular flexibility index (Phi) is 5.20. The van der Waals surface area contributed by atoms with Gasteiger partial charge >= 0.3 is 5.97 Å². The van der Waals surface area contributed by atoms with Crippen LogP contribution in [0.4, 0.5) is 0 Å². The molecule has 1 aromatic carbocycles. The molecule has 148 valence electrons. The van der Waals surface area contributed by atoms with Crippen molar-refractivity contribution in [3.8, 4) is 5.69 Å². The number of hydrogen-bond donors (Lipinski definition) is 0. The molecule has 2 aromatic rings. The van der Waals surface area contributed by atoms with Gasteiger partial charge in [-0.05, 0) is 64.2 Å². The Labute approximate surface area is 165 Å². The van der Waals surface area contributed by atoms with E-state index in [2.05, 4.69) is 18.9 Å². The van der Waals surface area contributed by atoms with Crippen LogP contribution in [0.5, 0.6) is 0 Å². The van der Waals surface area contributed by atoms with Gasteiger partial charge in [-0.25, -0.2) is 9.48 Å². The lowest BCUT2D eigenvalue weighted by molar-refractivity contribution is -0.140. The average Bonchev–Trinajstić information content (AvgIpc) is 3.45. The van der Waals surface area contributed by atoms with Gasteiger partial charge < -0.3 is 9.64 Å². The van der Waals surface area contributed by atoms with E-state index in [1.54, 1.807) is 4.68 Å². The van der Waals surface area contributed by atoms with Crippen molar-refractivity contribution in [3.63, 3.8) is 0 Å². The van der Waals surface area contributed by atoms with Crippen molar-refractivity contribution in [2.75, 3.05) is 6.61 Å². The zero-order chi connectivity index (χ0) is 19.7. The second kappa shape index (κ2) is 7.78. The van der Waals surface area contributed by atoms with E-state index in [0.717, 1.165) is 43.5 Å². The monoisotopic (exact) mass is 381 g/mol. The molecule has 1 aliphatic heterocycles. The summed E-state index contributed by atoms with van der Waals surface area (Å²) in [5.41, 5.74) is 2.10. The van der Waals surface area contributed by atoms with E-state index in [-0.39, 0.29) is 24.6 Å². The Morgan fingerprint density at radius 1 is 1.07 bits per heavy atom. The molecular weight excluding hydrogens is 354 g/mol. The van der Waals surface area contributed by atoms with Crippen molar-refractivity contribution in [1.29, 1.82) is 0 Å². The Balaban J connectivity index is 1.49. The Hall–Kier alpha value is -2.63. The maximum Gasteiger partial charge on any atom is 0.357 e. The molecule has 2 atom stereocenters. The molecule has 1 saturated heterocycles. The highest BCUT2D eigenvalue weighted by molar-refractivity contribution is 5.90. The van der Waals surface area contributed by atoms with Crippen LogP contribution in [-0.2, 0) is 9.53 Å². The van der Waals surface area contributed by atoms with Gasteiger partial charge in [-0.2, -0.15) is 5.10 Å². The quantitative estimate of drug-likeness (QED) is 0.741. The first-order valence-corrected chi connectivity index (χ1v) is 10.2. The fourth-order valence-corrected chi connectivity index (χ4v) is 4.08. The van der Waals surface area contributed by atoms with Crippen molar-refractivity contribution < 1.29 is 14.3 Å². The van der Waals surface area contributed by atoms with E-state index < -0.39 is 5.97 Å². The van der Waals surface area contributed by atoms with Crippen LogP contribution in [0.25, 0.3) is 5.69 Å². The summed E-state index contributed by atoms with van der Waals surface area (Å²) in [5, 5.41) is 4.63. The maximum atomic E-state index is 12.8. The number of para-hydroxylation sites is 1. The molecule has 28 heavy (non-hydrogen) atoms. The molecule has 2 unspecified atom stereocenters. The maximum absolute atomic E-state index is 12.8. The molecule has 1 aromatic heterocycles. The zero-order valence-corrected chi connectivity index (χ0v) is 16.5. The second-order valence-electron chi connectivity index (χ2n) is 7.98. The van der Waals surface area contributed by atoms with Gasteiger partial charge in [0.15, 0.2) is 12.3 Å². The predicted octanol–water partition coefficient (Wildman–Crippen LogP) is 3.70. The summed E-state index contributed by atoms with van der Waals surface area (Å²) in [7, 11) is 0. The third-order valence-corrected chi connectivity index (χ3v) is 5.74. The molecule has 6 nitrogen and oxygen atoms in total. The van der Waals surface area contributed by atoms with Gasteiger partial charge in [0.1, 0.15) is 0 Å². The summed E-state index contributed by atoms with van der Waals surface area (Å²) in [6, 6.07) is 11.7. The molecule has 0 N–H and O–H groups in total. The van der Waals surface area contributed by atoms with Gasteiger partial charge in [0.25, 0.3) is 5.91 Å². The number of amides is 1. The van der Waals surface area contributed by atoms with Crippen LogP contribution < -0.4 is 0 Å². The number of aromatic nitrogens is 2. The smallest absolute Gasteiger partial charge is 0.357 e. The van der Waals surface area contributed by atoms with Crippen LogP contribution in [0.2, 0.25) is 0 Å². The third kappa shape index (κ3) is 3.81. The van der Waals surface area contributed by atoms with Gasteiger partial charge in [0.05, 0.1) is 11.4 Å². The van der Waals surface area contributed by atoms with Gasteiger partial charge in [-0.1, -0.05) is 18.2 Å². The molecule has 0 bridgehead atoms. The molecule has 2 fully saturated rings. The Morgan fingerprint density at radius 2 is 1.75 bits per heavy atom. The summed E-state index contributed by atoms with van der Waals surface area (Å²) in [5.74, 6) is -0.205. The van der Waals surface area contributed by atoms with E-state index in [1.165, 1.54) is 0 Å². The largest absolute Gasteiger partial charge is 0.451 e. The molecule has 1 saturated carbocycles. The number of rotatable bonds is 5. The van der Waals surface area contributed by atoms with Crippen LogP contribution in [0, 0.1) is 0 Å². The van der Waals surface area contributed by atoms with Crippen molar-refractivity contribution in [2.45, 2.75) is 64.0 Å². The minimum absolute atomic E-state index is 0.124. The fourth-order valence-electron chi connectivity index (χ4n) is 4.08. The minimum atomic E-state index is -0.506. The van der Waals surface area contributed by atoms with Crippen LogP contribution in [-0.4, -0.2) is 45.2 Å². The molecular formula is C22H27N3O3. The molecule has 2 heterocycles. The molecule has 1 amide bonds. The number of carbonyl (C=O) groups is 2.